The first kappa shape index (κ1) is 8.51. The van der Waals surface area contributed by atoms with Gasteiger partial charge in [0.2, 0.25) is 0 Å². The van der Waals surface area contributed by atoms with Crippen LogP contribution in [0.3, 0.4) is 0 Å². The average molecular weight is 152 g/mol. The van der Waals surface area contributed by atoms with Gasteiger partial charge in [-0.25, -0.2) is 0 Å². The standard InChI is InChI=1S/C10H16O/c1-7(2)9-5-4-8(3)10(11)6-9/h4,7,9H,5-6H2,1-3H3/t9-/m0/s1. The number of hydrogen-bond donors (Lipinski definition) is 0. The van der Waals surface area contributed by atoms with Gasteiger partial charge in [-0.2, -0.15) is 0 Å². The normalized spacial score (nSPS) is 25.6. The van der Waals surface area contributed by atoms with Crippen molar-refractivity contribution in [2.75, 3.05) is 0 Å². The second-order valence-corrected chi connectivity index (χ2v) is 3.75. The molecule has 0 aromatic carbocycles. The summed E-state index contributed by atoms with van der Waals surface area (Å²) in [6.45, 7) is 6.29. The minimum atomic E-state index is 0.343. The Labute approximate surface area is 68.5 Å². The highest BCUT2D eigenvalue weighted by Gasteiger charge is 2.21. The van der Waals surface area contributed by atoms with E-state index in [9.17, 15) is 4.79 Å². The number of ketones is 1. The van der Waals surface area contributed by atoms with E-state index in [0.717, 1.165) is 18.4 Å². The van der Waals surface area contributed by atoms with Crippen LogP contribution in [0.5, 0.6) is 0 Å². The largest absolute Gasteiger partial charge is 0.295 e. The molecule has 0 unspecified atom stereocenters. The molecular formula is C10H16O. The Morgan fingerprint density at radius 1 is 1.55 bits per heavy atom. The molecule has 0 saturated heterocycles. The highest BCUT2D eigenvalue weighted by Crippen LogP contribution is 2.26. The summed E-state index contributed by atoms with van der Waals surface area (Å²) in [4.78, 5) is 11.2. The number of Topliss-reactive ketones (excluding diaryl/α,β-unsaturated/α-hetero) is 1. The Kier molecular flexibility index (Phi) is 2.48. The van der Waals surface area contributed by atoms with Crippen LogP contribution in [0.15, 0.2) is 11.6 Å². The molecule has 0 radical (unpaired) electrons. The van der Waals surface area contributed by atoms with E-state index in [1.54, 1.807) is 0 Å². The van der Waals surface area contributed by atoms with E-state index in [-0.39, 0.29) is 0 Å². The fourth-order valence-corrected chi connectivity index (χ4v) is 1.43. The van der Waals surface area contributed by atoms with Gasteiger partial charge >= 0.3 is 0 Å². The Bertz CT molecular complexity index is 189. The van der Waals surface area contributed by atoms with Gasteiger partial charge in [0.15, 0.2) is 5.78 Å². The van der Waals surface area contributed by atoms with Crippen molar-refractivity contribution in [3.8, 4) is 0 Å². The van der Waals surface area contributed by atoms with Gasteiger partial charge in [-0.05, 0) is 30.8 Å². The molecule has 0 heterocycles. The highest BCUT2D eigenvalue weighted by atomic mass is 16.1. The van der Waals surface area contributed by atoms with Gasteiger partial charge in [0, 0.05) is 6.42 Å². The molecule has 1 atom stereocenters. The van der Waals surface area contributed by atoms with E-state index in [1.807, 2.05) is 6.92 Å². The summed E-state index contributed by atoms with van der Waals surface area (Å²) in [5, 5.41) is 0. The van der Waals surface area contributed by atoms with Gasteiger partial charge in [-0.1, -0.05) is 19.9 Å². The molecule has 1 nitrogen and oxygen atoms in total. The molecule has 0 aliphatic heterocycles. The van der Waals surface area contributed by atoms with Crippen LogP contribution in [0.1, 0.15) is 33.6 Å². The molecule has 62 valence electrons. The number of carbonyl (C=O) groups is 1. The van der Waals surface area contributed by atoms with Crippen LogP contribution in [0, 0.1) is 11.8 Å². The molecule has 0 amide bonds. The number of carbonyl (C=O) groups excluding carboxylic acids is 1. The van der Waals surface area contributed by atoms with E-state index in [0.29, 0.717) is 17.6 Å². The van der Waals surface area contributed by atoms with Gasteiger partial charge in [-0.15, -0.1) is 0 Å². The van der Waals surface area contributed by atoms with Gasteiger partial charge in [-0.3, -0.25) is 4.79 Å². The Morgan fingerprint density at radius 3 is 2.64 bits per heavy atom. The lowest BCUT2D eigenvalue weighted by atomic mass is 9.82. The zero-order valence-corrected chi connectivity index (χ0v) is 7.55. The summed E-state index contributed by atoms with van der Waals surface area (Å²) in [5.74, 6) is 1.57. The Morgan fingerprint density at radius 2 is 2.18 bits per heavy atom. The third-order valence-electron chi connectivity index (χ3n) is 2.56. The van der Waals surface area contributed by atoms with Gasteiger partial charge in [0.25, 0.3) is 0 Å². The molecular weight excluding hydrogens is 136 g/mol. The summed E-state index contributed by atoms with van der Waals surface area (Å²) < 4.78 is 0. The molecule has 0 spiro atoms. The molecule has 0 saturated carbocycles. The first-order valence-electron chi connectivity index (χ1n) is 4.31. The van der Waals surface area contributed by atoms with Crippen molar-refractivity contribution < 1.29 is 4.79 Å². The van der Waals surface area contributed by atoms with Gasteiger partial charge in [0.05, 0.1) is 0 Å². The summed E-state index contributed by atoms with van der Waals surface area (Å²) >= 11 is 0. The molecule has 0 fully saturated rings. The predicted molar refractivity (Wildman–Crippen MR) is 46.3 cm³/mol. The molecule has 0 aromatic rings. The maximum atomic E-state index is 11.2. The van der Waals surface area contributed by atoms with Crippen LogP contribution in [0.2, 0.25) is 0 Å². The lowest BCUT2D eigenvalue weighted by Gasteiger charge is -2.22. The molecule has 0 bridgehead atoms. The molecule has 11 heavy (non-hydrogen) atoms. The van der Waals surface area contributed by atoms with E-state index in [2.05, 4.69) is 19.9 Å². The highest BCUT2D eigenvalue weighted by molar-refractivity contribution is 5.95. The summed E-state index contributed by atoms with van der Waals surface area (Å²) in [7, 11) is 0. The topological polar surface area (TPSA) is 17.1 Å². The first-order valence-corrected chi connectivity index (χ1v) is 4.31. The number of hydrogen-bond acceptors (Lipinski definition) is 1. The lowest BCUT2D eigenvalue weighted by Crippen LogP contribution is -2.18. The smallest absolute Gasteiger partial charge is 0.158 e. The second kappa shape index (κ2) is 3.21. The van der Waals surface area contributed by atoms with Crippen molar-refractivity contribution in [3.63, 3.8) is 0 Å². The summed E-state index contributed by atoms with van der Waals surface area (Å²) in [6, 6.07) is 0. The molecule has 0 aromatic heterocycles. The average Bonchev–Trinajstić information content (AvgIpc) is 1.94. The van der Waals surface area contributed by atoms with Crippen LogP contribution >= 0.6 is 0 Å². The van der Waals surface area contributed by atoms with Gasteiger partial charge < -0.3 is 0 Å². The fraction of sp³-hybridized carbons (Fsp3) is 0.700. The van der Waals surface area contributed by atoms with Crippen molar-refractivity contribution in [3.05, 3.63) is 11.6 Å². The van der Waals surface area contributed by atoms with Crippen molar-refractivity contribution in [2.24, 2.45) is 11.8 Å². The quantitative estimate of drug-likeness (QED) is 0.564. The summed E-state index contributed by atoms with van der Waals surface area (Å²) in [5.41, 5.74) is 0.960. The van der Waals surface area contributed by atoms with E-state index in [4.69, 9.17) is 0 Å². The maximum absolute atomic E-state index is 11.2. The van der Waals surface area contributed by atoms with Crippen molar-refractivity contribution in [1.29, 1.82) is 0 Å². The first-order chi connectivity index (χ1) is 5.11. The number of rotatable bonds is 1. The molecule has 1 aliphatic rings. The van der Waals surface area contributed by atoms with Crippen molar-refractivity contribution in [2.45, 2.75) is 33.6 Å². The fourth-order valence-electron chi connectivity index (χ4n) is 1.43. The van der Waals surface area contributed by atoms with E-state index in [1.165, 1.54) is 0 Å². The third-order valence-corrected chi connectivity index (χ3v) is 2.56. The van der Waals surface area contributed by atoms with Crippen LogP contribution < -0.4 is 0 Å². The zero-order valence-electron chi connectivity index (χ0n) is 7.55. The minimum Gasteiger partial charge on any atom is -0.295 e. The second-order valence-electron chi connectivity index (χ2n) is 3.75. The van der Waals surface area contributed by atoms with Crippen molar-refractivity contribution >= 4 is 5.78 Å². The van der Waals surface area contributed by atoms with Crippen LogP contribution in [-0.2, 0) is 4.79 Å². The molecule has 1 heteroatoms. The lowest BCUT2D eigenvalue weighted by molar-refractivity contribution is -0.117. The van der Waals surface area contributed by atoms with Crippen LogP contribution in [0.25, 0.3) is 0 Å². The van der Waals surface area contributed by atoms with Crippen molar-refractivity contribution in [1.82, 2.24) is 0 Å². The summed E-state index contributed by atoms with van der Waals surface area (Å²) in [6.07, 6.45) is 3.94. The monoisotopic (exact) mass is 152 g/mol. The maximum Gasteiger partial charge on any atom is 0.158 e. The third kappa shape index (κ3) is 1.92. The SMILES string of the molecule is CC1=CC[C@H](C(C)C)CC1=O. The van der Waals surface area contributed by atoms with Crippen LogP contribution in [-0.4, -0.2) is 5.78 Å². The zero-order chi connectivity index (χ0) is 8.43. The number of allylic oxidation sites excluding steroid dienone is 2. The van der Waals surface area contributed by atoms with Crippen LogP contribution in [0.4, 0.5) is 0 Å². The Hall–Kier alpha value is -0.590. The van der Waals surface area contributed by atoms with E-state index >= 15 is 0 Å². The molecule has 0 N–H and O–H groups in total. The van der Waals surface area contributed by atoms with Gasteiger partial charge in [0.1, 0.15) is 0 Å². The molecule has 1 rings (SSSR count). The molecule has 1 aliphatic carbocycles. The van der Waals surface area contributed by atoms with E-state index < -0.39 is 0 Å². The Balaban J connectivity index is 2.62. The minimum absolute atomic E-state index is 0.343. The predicted octanol–water partition coefficient (Wildman–Crippen LogP) is 2.57.